The summed E-state index contributed by atoms with van der Waals surface area (Å²) in [6.45, 7) is 0. The molecule has 3 amide bonds. The molecule has 0 bridgehead atoms. The van der Waals surface area contributed by atoms with Gasteiger partial charge in [-0.2, -0.15) is 0 Å². The van der Waals surface area contributed by atoms with Crippen molar-refractivity contribution in [2.24, 2.45) is 23.9 Å². The normalized spacial score (nSPS) is 23.1. The number of carbonyl (C=O) groups is 3. The molecule has 0 spiro atoms. The Hall–Kier alpha value is -3.16. The highest BCUT2D eigenvalue weighted by atomic mass is 16.3. The second-order valence-electron chi connectivity index (χ2n) is 11.4. The van der Waals surface area contributed by atoms with E-state index in [-0.39, 0.29) is 35.4 Å². The van der Waals surface area contributed by atoms with E-state index in [0.717, 1.165) is 62.8 Å². The topological polar surface area (TPSA) is 95.2 Å². The molecule has 37 heavy (non-hydrogen) atoms. The number of amides is 3. The highest BCUT2D eigenvalue weighted by molar-refractivity contribution is 6.24. The summed E-state index contributed by atoms with van der Waals surface area (Å²) in [5.41, 5.74) is 5.24. The van der Waals surface area contributed by atoms with Gasteiger partial charge in [0.15, 0.2) is 0 Å². The number of likely N-dealkylation sites (N-methyl/N-ethyl adjacent to an activating group) is 2. The van der Waals surface area contributed by atoms with Gasteiger partial charge in [0.05, 0.1) is 28.0 Å². The average molecular weight is 505 g/mol. The van der Waals surface area contributed by atoms with E-state index in [4.69, 9.17) is 0 Å². The Labute approximate surface area is 217 Å². The molecule has 1 N–H and O–H groups in total. The summed E-state index contributed by atoms with van der Waals surface area (Å²) in [7, 11) is 5.31. The standard InChI is InChI=1S/C29H36N4O4/c1-31-18(20-22(28(31)36)24(30-26(20)34)16-10-6-4-7-11-16)14-15-19-21-23(29(37)32(19)2)25(33(3)27(21)35)17-12-8-5-9-13-17/h16-17,36H,4-15H2,1-3H3. The van der Waals surface area contributed by atoms with Crippen LogP contribution < -0.4 is 0 Å². The number of aromatic hydroxyl groups is 1. The third-order valence-electron chi connectivity index (χ3n) is 9.36. The van der Waals surface area contributed by atoms with Gasteiger partial charge < -0.3 is 19.5 Å². The molecule has 8 heteroatoms. The molecule has 0 unspecified atom stereocenters. The van der Waals surface area contributed by atoms with E-state index in [1.165, 1.54) is 12.8 Å². The second-order valence-corrected chi connectivity index (χ2v) is 11.4. The first kappa shape index (κ1) is 24.2. The molecule has 1 aromatic heterocycles. The molecule has 196 valence electrons. The zero-order valence-corrected chi connectivity index (χ0v) is 22.1. The van der Waals surface area contributed by atoms with Gasteiger partial charge in [0.25, 0.3) is 17.7 Å². The van der Waals surface area contributed by atoms with Crippen molar-refractivity contribution in [3.05, 3.63) is 39.4 Å². The molecule has 5 aliphatic rings. The molecule has 8 nitrogen and oxygen atoms in total. The predicted octanol–water partition coefficient (Wildman–Crippen LogP) is 4.22. The van der Waals surface area contributed by atoms with Gasteiger partial charge in [-0.05, 0) is 38.5 Å². The largest absolute Gasteiger partial charge is 0.494 e. The van der Waals surface area contributed by atoms with Crippen LogP contribution in [0.1, 0.15) is 92.2 Å². The number of carbonyl (C=O) groups excluding carboxylic acids is 3. The molecular formula is C29H36N4O4. The van der Waals surface area contributed by atoms with Crippen molar-refractivity contribution in [3.8, 4) is 5.88 Å². The molecule has 6 rings (SSSR count). The summed E-state index contributed by atoms with van der Waals surface area (Å²) in [6.07, 6.45) is 11.8. The molecule has 4 heterocycles. The Bertz CT molecular complexity index is 1300. The van der Waals surface area contributed by atoms with E-state index in [0.29, 0.717) is 46.5 Å². The predicted molar refractivity (Wildman–Crippen MR) is 139 cm³/mol. The lowest BCUT2D eigenvalue weighted by atomic mass is 9.83. The van der Waals surface area contributed by atoms with Crippen LogP contribution in [0.15, 0.2) is 27.5 Å². The fourth-order valence-corrected chi connectivity index (χ4v) is 7.38. The Morgan fingerprint density at radius 1 is 0.757 bits per heavy atom. The van der Waals surface area contributed by atoms with Gasteiger partial charge in [-0.1, -0.05) is 38.5 Å². The molecule has 2 fully saturated rings. The average Bonchev–Trinajstić information content (AvgIpc) is 3.55. The van der Waals surface area contributed by atoms with Crippen molar-refractivity contribution in [1.29, 1.82) is 0 Å². The van der Waals surface area contributed by atoms with Crippen molar-refractivity contribution < 1.29 is 19.5 Å². The maximum atomic E-state index is 13.4. The number of allylic oxidation sites excluding steroid dienone is 2. The minimum Gasteiger partial charge on any atom is -0.494 e. The number of hydrogen-bond acceptors (Lipinski definition) is 4. The van der Waals surface area contributed by atoms with Gasteiger partial charge >= 0.3 is 0 Å². The van der Waals surface area contributed by atoms with Gasteiger partial charge in [-0.25, -0.2) is 4.99 Å². The lowest BCUT2D eigenvalue weighted by Crippen LogP contribution is -2.30. The van der Waals surface area contributed by atoms with Crippen molar-refractivity contribution in [3.63, 3.8) is 0 Å². The number of hydrogen-bond donors (Lipinski definition) is 1. The summed E-state index contributed by atoms with van der Waals surface area (Å²) in [5, 5.41) is 11.0. The number of aliphatic imine (C=N–C) groups is 1. The molecule has 0 radical (unpaired) electrons. The highest BCUT2D eigenvalue weighted by Crippen LogP contribution is 2.46. The Morgan fingerprint density at radius 2 is 1.35 bits per heavy atom. The molecule has 0 atom stereocenters. The zero-order chi connectivity index (χ0) is 26.0. The summed E-state index contributed by atoms with van der Waals surface area (Å²) >= 11 is 0. The van der Waals surface area contributed by atoms with Crippen molar-refractivity contribution in [1.82, 2.24) is 14.4 Å². The molecular weight excluding hydrogens is 468 g/mol. The molecule has 2 aliphatic carbocycles. The molecule has 2 saturated carbocycles. The van der Waals surface area contributed by atoms with Crippen LogP contribution >= 0.6 is 0 Å². The molecule has 1 aromatic rings. The van der Waals surface area contributed by atoms with E-state index < -0.39 is 0 Å². The van der Waals surface area contributed by atoms with E-state index in [9.17, 15) is 19.5 Å². The third-order valence-corrected chi connectivity index (χ3v) is 9.36. The number of fused-ring (bicyclic) bond motifs is 2. The van der Waals surface area contributed by atoms with Crippen molar-refractivity contribution in [2.45, 2.75) is 77.0 Å². The smallest absolute Gasteiger partial charge is 0.279 e. The minimum absolute atomic E-state index is 0.0884. The first-order valence-electron chi connectivity index (χ1n) is 13.9. The summed E-state index contributed by atoms with van der Waals surface area (Å²) in [4.78, 5) is 47.6. The maximum Gasteiger partial charge on any atom is 0.279 e. The quantitative estimate of drug-likeness (QED) is 0.650. The van der Waals surface area contributed by atoms with Crippen LogP contribution in [0, 0.1) is 11.8 Å². The lowest BCUT2D eigenvalue weighted by Gasteiger charge is -2.28. The fraction of sp³-hybridized carbons (Fsp3) is 0.586. The third kappa shape index (κ3) is 3.55. The van der Waals surface area contributed by atoms with Crippen LogP contribution in [0.2, 0.25) is 0 Å². The summed E-state index contributed by atoms with van der Waals surface area (Å²) in [6, 6.07) is 0. The molecule has 0 aromatic carbocycles. The minimum atomic E-state index is -0.285. The van der Waals surface area contributed by atoms with Crippen molar-refractivity contribution >= 4 is 23.4 Å². The van der Waals surface area contributed by atoms with Gasteiger partial charge in [-0.3, -0.25) is 14.4 Å². The Balaban J connectivity index is 1.33. The van der Waals surface area contributed by atoms with Crippen LogP contribution in [0.25, 0.3) is 0 Å². The lowest BCUT2D eigenvalue weighted by molar-refractivity contribution is -0.123. The first-order valence-corrected chi connectivity index (χ1v) is 13.9. The van der Waals surface area contributed by atoms with E-state index in [2.05, 4.69) is 4.99 Å². The van der Waals surface area contributed by atoms with Gasteiger partial charge in [0, 0.05) is 50.1 Å². The Morgan fingerprint density at radius 3 is 2.00 bits per heavy atom. The molecule has 3 aliphatic heterocycles. The van der Waals surface area contributed by atoms with E-state index in [1.54, 1.807) is 35.5 Å². The first-order chi connectivity index (χ1) is 17.8. The summed E-state index contributed by atoms with van der Waals surface area (Å²) in [5.74, 6) is 0.0379. The van der Waals surface area contributed by atoms with Crippen LogP contribution in [-0.2, 0) is 23.1 Å². The van der Waals surface area contributed by atoms with Crippen LogP contribution in [0.3, 0.4) is 0 Å². The number of nitrogens with zero attached hydrogens (tertiary/aromatic N) is 4. The van der Waals surface area contributed by atoms with Gasteiger partial charge in [0.2, 0.25) is 5.88 Å². The number of rotatable bonds is 5. The van der Waals surface area contributed by atoms with Gasteiger partial charge in [0.1, 0.15) is 0 Å². The second kappa shape index (κ2) is 8.99. The summed E-state index contributed by atoms with van der Waals surface area (Å²) < 4.78 is 1.69. The Kier molecular flexibility index (Phi) is 5.88. The monoisotopic (exact) mass is 504 g/mol. The maximum absolute atomic E-state index is 13.4. The van der Waals surface area contributed by atoms with Crippen LogP contribution in [0.5, 0.6) is 5.88 Å². The molecule has 0 saturated heterocycles. The van der Waals surface area contributed by atoms with Crippen LogP contribution in [0.4, 0.5) is 0 Å². The SMILES string of the molecule is CN1C(=O)C2=C(C3CCCCC3)N(C)C(=O)C2=C1CCc1c2c(c(O)n1C)C(C1CCCCC1)=NC2=O. The number of aromatic nitrogens is 1. The van der Waals surface area contributed by atoms with E-state index in [1.807, 2.05) is 0 Å². The zero-order valence-electron chi connectivity index (χ0n) is 22.1. The van der Waals surface area contributed by atoms with Crippen LogP contribution in [-0.4, -0.2) is 57.0 Å². The highest BCUT2D eigenvalue weighted by Gasteiger charge is 2.47. The fourth-order valence-electron chi connectivity index (χ4n) is 7.38. The van der Waals surface area contributed by atoms with E-state index >= 15 is 0 Å². The van der Waals surface area contributed by atoms with Gasteiger partial charge in [-0.15, -0.1) is 0 Å². The van der Waals surface area contributed by atoms with Crippen molar-refractivity contribution in [2.75, 3.05) is 14.1 Å².